The van der Waals surface area contributed by atoms with E-state index in [1.165, 1.54) is 38.9 Å². The monoisotopic (exact) mass is 489 g/mol. The fraction of sp³-hybridized carbons (Fsp3) is 0.167. The van der Waals surface area contributed by atoms with Gasteiger partial charge in [0.2, 0.25) is 0 Å². The summed E-state index contributed by atoms with van der Waals surface area (Å²) in [6, 6.07) is 25.4. The molecule has 0 amide bonds. The predicted octanol–water partition coefficient (Wildman–Crippen LogP) is 6.55. The van der Waals surface area contributed by atoms with E-state index < -0.39 is 0 Å². The fourth-order valence-corrected chi connectivity index (χ4v) is 3.03. The molecule has 0 saturated heterocycles. The fourth-order valence-electron chi connectivity index (χ4n) is 3.03. The Morgan fingerprint density at radius 2 is 1.31 bits per heavy atom. The summed E-state index contributed by atoms with van der Waals surface area (Å²) < 4.78 is 0. The molecule has 0 spiro atoms. The summed E-state index contributed by atoms with van der Waals surface area (Å²) >= 11 is 0. The van der Waals surface area contributed by atoms with Crippen molar-refractivity contribution in [2.75, 3.05) is 0 Å². The van der Waals surface area contributed by atoms with Gasteiger partial charge in [0.05, 0.1) is 0 Å². The van der Waals surface area contributed by atoms with Crippen molar-refractivity contribution in [1.29, 1.82) is 0 Å². The van der Waals surface area contributed by atoms with Crippen LogP contribution < -0.4 is 0 Å². The van der Waals surface area contributed by atoms with Crippen LogP contribution in [0.3, 0.4) is 0 Å². The third-order valence-electron chi connectivity index (χ3n) is 4.41. The van der Waals surface area contributed by atoms with Gasteiger partial charge >= 0.3 is 0 Å². The van der Waals surface area contributed by atoms with Gasteiger partial charge in [0.1, 0.15) is 0 Å². The van der Waals surface area contributed by atoms with Crippen LogP contribution in [0.15, 0.2) is 73.3 Å². The quantitative estimate of drug-likeness (QED) is 0.282. The Morgan fingerprint density at radius 1 is 0.769 bits per heavy atom. The van der Waals surface area contributed by atoms with Gasteiger partial charge in [-0.25, -0.2) is 0 Å². The van der Waals surface area contributed by atoms with Gasteiger partial charge in [-0.1, -0.05) is 74.0 Å². The molecule has 0 aliphatic heterocycles. The van der Waals surface area contributed by atoms with Crippen LogP contribution in [0.1, 0.15) is 23.1 Å². The van der Waals surface area contributed by atoms with Crippen LogP contribution in [-0.2, 0) is 71.8 Å². The third-order valence-corrected chi connectivity index (χ3v) is 4.41. The van der Waals surface area contributed by atoms with Crippen molar-refractivity contribution < 1.29 is 65.4 Å². The van der Waals surface area contributed by atoms with Crippen LogP contribution in [0.4, 0.5) is 0 Å². The molecule has 26 heavy (non-hydrogen) atoms. The first-order chi connectivity index (χ1) is 11.7. The molecule has 0 nitrogen and oxygen atoms in total. The molecule has 0 N–H and O–H groups in total. The summed E-state index contributed by atoms with van der Waals surface area (Å²) in [6.45, 7) is 7.99. The Bertz CT molecular complexity index is 831. The minimum absolute atomic E-state index is 0. The molecular formula is C24H23Y2-. The molecule has 2 radical (unpaired) electrons. The van der Waals surface area contributed by atoms with E-state index in [0.717, 1.165) is 12.8 Å². The van der Waals surface area contributed by atoms with Crippen LogP contribution >= 0.6 is 0 Å². The zero-order valence-electron chi connectivity index (χ0n) is 15.6. The first kappa shape index (κ1) is 23.6. The van der Waals surface area contributed by atoms with Crippen LogP contribution in [0.5, 0.6) is 0 Å². The topological polar surface area (TPSA) is 0 Å². The second kappa shape index (κ2) is 11.5. The van der Waals surface area contributed by atoms with E-state index in [1.54, 1.807) is 0 Å². The zero-order valence-corrected chi connectivity index (χ0v) is 21.3. The number of hydrogen-bond acceptors (Lipinski definition) is 0. The molecule has 0 aromatic heterocycles. The Morgan fingerprint density at radius 3 is 1.85 bits per heavy atom. The molecule has 0 aliphatic carbocycles. The van der Waals surface area contributed by atoms with E-state index in [-0.39, 0.29) is 65.4 Å². The Labute approximate surface area is 208 Å². The molecule has 0 heterocycles. The predicted molar refractivity (Wildman–Crippen MR) is 104 cm³/mol. The smallest absolute Gasteiger partial charge is 0 e. The van der Waals surface area contributed by atoms with E-state index in [1.807, 2.05) is 6.08 Å². The summed E-state index contributed by atoms with van der Waals surface area (Å²) in [5, 5.41) is 0. The number of rotatable bonds is 5. The molecule has 0 bridgehead atoms. The van der Waals surface area contributed by atoms with E-state index in [0.29, 0.717) is 0 Å². The summed E-state index contributed by atoms with van der Waals surface area (Å²) in [6.07, 6.45) is 4.06. The van der Waals surface area contributed by atoms with E-state index in [9.17, 15) is 0 Å². The van der Waals surface area contributed by atoms with Gasteiger partial charge in [-0.05, 0) is 29.5 Å². The normalized spacial score (nSPS) is 9.77. The maximum absolute atomic E-state index is 3.78. The van der Waals surface area contributed by atoms with Gasteiger partial charge in [-0.15, -0.1) is 12.1 Å². The molecule has 126 valence electrons. The second-order valence-electron chi connectivity index (χ2n) is 6.28. The summed E-state index contributed by atoms with van der Waals surface area (Å²) in [5.41, 5.74) is 8.76. The molecule has 0 fully saturated rings. The van der Waals surface area contributed by atoms with Crippen molar-refractivity contribution in [2.24, 2.45) is 0 Å². The van der Waals surface area contributed by atoms with Crippen molar-refractivity contribution in [2.45, 2.75) is 26.7 Å². The Hall–Kier alpha value is -0.392. The maximum Gasteiger partial charge on any atom is 0 e. The molecule has 3 aromatic rings. The average molecular weight is 489 g/mol. The minimum Gasteiger partial charge on any atom is -0.177 e. The second-order valence-corrected chi connectivity index (χ2v) is 6.28. The number of allylic oxidation sites excluding steroid dienone is 1. The first-order valence-electron chi connectivity index (χ1n) is 8.47. The van der Waals surface area contributed by atoms with Crippen LogP contribution in [0.2, 0.25) is 0 Å². The summed E-state index contributed by atoms with van der Waals surface area (Å²) in [4.78, 5) is 0. The number of hydrogen-bond donors (Lipinski definition) is 0. The van der Waals surface area contributed by atoms with Gasteiger partial charge in [0, 0.05) is 65.4 Å². The van der Waals surface area contributed by atoms with Gasteiger partial charge in [-0.2, -0.15) is 29.3 Å². The van der Waals surface area contributed by atoms with E-state index in [2.05, 4.69) is 87.2 Å². The van der Waals surface area contributed by atoms with Crippen molar-refractivity contribution in [3.05, 3.63) is 96.1 Å². The molecule has 0 unspecified atom stereocenters. The molecule has 3 rings (SSSR count). The van der Waals surface area contributed by atoms with Gasteiger partial charge in [0.25, 0.3) is 0 Å². The van der Waals surface area contributed by atoms with Crippen LogP contribution in [0, 0.1) is 19.9 Å². The molecule has 2 heteroatoms. The Balaban J connectivity index is 0.00000169. The van der Waals surface area contributed by atoms with Gasteiger partial charge in [0.15, 0.2) is 0 Å². The van der Waals surface area contributed by atoms with Crippen LogP contribution in [-0.4, -0.2) is 0 Å². The van der Waals surface area contributed by atoms with Crippen LogP contribution in [0.25, 0.3) is 22.3 Å². The minimum atomic E-state index is 0. The molecule has 0 atom stereocenters. The zero-order chi connectivity index (χ0) is 16.9. The first-order valence-corrected chi connectivity index (χ1v) is 8.47. The average Bonchev–Trinajstić information content (AvgIpc) is 2.61. The van der Waals surface area contributed by atoms with Gasteiger partial charge in [-0.3, -0.25) is 0 Å². The third kappa shape index (κ3) is 6.06. The van der Waals surface area contributed by atoms with Crippen molar-refractivity contribution in [3.8, 4) is 22.3 Å². The van der Waals surface area contributed by atoms with E-state index in [4.69, 9.17) is 0 Å². The molecule has 0 saturated carbocycles. The number of aryl methyl sites for hydroxylation is 3. The maximum atomic E-state index is 3.78. The summed E-state index contributed by atoms with van der Waals surface area (Å²) in [5.74, 6) is 0. The van der Waals surface area contributed by atoms with E-state index >= 15 is 0 Å². The molecule has 0 aliphatic rings. The number of benzene rings is 3. The van der Waals surface area contributed by atoms with Crippen molar-refractivity contribution in [3.63, 3.8) is 0 Å². The van der Waals surface area contributed by atoms with Gasteiger partial charge < -0.3 is 0 Å². The Kier molecular flexibility index (Phi) is 10.4. The standard InChI is InChI=1S/C24H23.2Y/c1-4-5-6-20-8-10-21(11-9-20)22-12-14-23(15-13-22)24-16-7-18(2)17-19(24)3;;/h4,7-16H,1,5-6H2,2-3H3;;/q-1;;. The SMILES string of the molecule is C=CCCc1ccc(-c2ccc(-c3ccc(C)[c-]c3C)cc2)cc1.[Y].[Y]. The summed E-state index contributed by atoms with van der Waals surface area (Å²) in [7, 11) is 0. The van der Waals surface area contributed by atoms with Crippen molar-refractivity contribution >= 4 is 0 Å². The largest absolute Gasteiger partial charge is 0.177 e. The molecular weight excluding hydrogens is 466 g/mol. The molecule has 3 aromatic carbocycles. The van der Waals surface area contributed by atoms with Crippen molar-refractivity contribution in [1.82, 2.24) is 0 Å².